The Morgan fingerprint density at radius 2 is 2.06 bits per heavy atom. The zero-order valence-electron chi connectivity index (χ0n) is 11.5. The van der Waals surface area contributed by atoms with Gasteiger partial charge in [-0.25, -0.2) is 0 Å². The summed E-state index contributed by atoms with van der Waals surface area (Å²) in [5.41, 5.74) is 0. The summed E-state index contributed by atoms with van der Waals surface area (Å²) in [6.07, 6.45) is 5.65. The van der Waals surface area contributed by atoms with Gasteiger partial charge in [-0.05, 0) is 50.7 Å². The van der Waals surface area contributed by atoms with E-state index in [4.69, 9.17) is 0 Å². The standard InChI is InChI=1S/C14H30N2/c1-4-14-6-5-9-16(10-7-14)11-8-15-12-13(2)3/h13-15H,4-12H2,1-3H3. The van der Waals surface area contributed by atoms with Gasteiger partial charge in [-0.1, -0.05) is 27.2 Å². The number of nitrogens with zero attached hydrogens (tertiary/aromatic N) is 1. The Morgan fingerprint density at radius 3 is 2.75 bits per heavy atom. The van der Waals surface area contributed by atoms with Crippen molar-refractivity contribution in [1.29, 1.82) is 0 Å². The molecule has 1 atom stereocenters. The van der Waals surface area contributed by atoms with Crippen molar-refractivity contribution >= 4 is 0 Å². The van der Waals surface area contributed by atoms with E-state index < -0.39 is 0 Å². The van der Waals surface area contributed by atoms with E-state index in [0.717, 1.165) is 24.9 Å². The van der Waals surface area contributed by atoms with Crippen molar-refractivity contribution in [3.63, 3.8) is 0 Å². The van der Waals surface area contributed by atoms with Gasteiger partial charge in [0.15, 0.2) is 0 Å². The van der Waals surface area contributed by atoms with Gasteiger partial charge in [0.25, 0.3) is 0 Å². The number of nitrogens with one attached hydrogen (secondary N) is 1. The third-order valence-electron chi connectivity index (χ3n) is 3.68. The van der Waals surface area contributed by atoms with Gasteiger partial charge in [0.1, 0.15) is 0 Å². The minimum absolute atomic E-state index is 0.772. The summed E-state index contributed by atoms with van der Waals surface area (Å²) in [5, 5.41) is 3.54. The molecule has 1 aliphatic heterocycles. The molecule has 0 aliphatic carbocycles. The van der Waals surface area contributed by atoms with Crippen molar-refractivity contribution in [1.82, 2.24) is 10.2 Å². The molecule has 0 saturated carbocycles. The molecule has 1 N–H and O–H groups in total. The molecule has 0 radical (unpaired) electrons. The van der Waals surface area contributed by atoms with Crippen LogP contribution in [0.15, 0.2) is 0 Å². The first-order valence-electron chi connectivity index (χ1n) is 7.15. The molecule has 2 nitrogen and oxygen atoms in total. The second kappa shape index (κ2) is 8.08. The highest BCUT2D eigenvalue weighted by molar-refractivity contribution is 4.70. The van der Waals surface area contributed by atoms with Crippen LogP contribution >= 0.6 is 0 Å². The summed E-state index contributed by atoms with van der Waals surface area (Å²) in [5.74, 6) is 1.77. The maximum atomic E-state index is 3.54. The Kier molecular flexibility index (Phi) is 7.06. The minimum Gasteiger partial charge on any atom is -0.315 e. The Balaban J connectivity index is 2.08. The number of hydrogen-bond donors (Lipinski definition) is 1. The molecular weight excluding hydrogens is 196 g/mol. The lowest BCUT2D eigenvalue weighted by atomic mass is 9.98. The highest BCUT2D eigenvalue weighted by atomic mass is 15.1. The SMILES string of the molecule is CCC1CCCN(CCNCC(C)C)CC1. The van der Waals surface area contributed by atoms with Crippen molar-refractivity contribution in [2.24, 2.45) is 11.8 Å². The van der Waals surface area contributed by atoms with Gasteiger partial charge in [0.2, 0.25) is 0 Å². The molecule has 2 heteroatoms. The molecule has 0 aromatic rings. The van der Waals surface area contributed by atoms with Crippen LogP contribution in [0.3, 0.4) is 0 Å². The van der Waals surface area contributed by atoms with Crippen molar-refractivity contribution < 1.29 is 0 Å². The lowest BCUT2D eigenvalue weighted by Crippen LogP contribution is -2.34. The average Bonchev–Trinajstić information content (AvgIpc) is 2.49. The minimum atomic E-state index is 0.772. The van der Waals surface area contributed by atoms with E-state index in [1.54, 1.807) is 0 Å². The van der Waals surface area contributed by atoms with Crippen LogP contribution in [-0.4, -0.2) is 37.6 Å². The molecule has 16 heavy (non-hydrogen) atoms. The van der Waals surface area contributed by atoms with Crippen LogP contribution in [-0.2, 0) is 0 Å². The van der Waals surface area contributed by atoms with Crippen LogP contribution in [0.5, 0.6) is 0 Å². The second-order valence-electron chi connectivity index (χ2n) is 5.64. The maximum Gasteiger partial charge on any atom is 0.0107 e. The third kappa shape index (κ3) is 5.86. The maximum absolute atomic E-state index is 3.54. The fourth-order valence-corrected chi connectivity index (χ4v) is 2.48. The molecule has 96 valence electrons. The smallest absolute Gasteiger partial charge is 0.0107 e. The molecule has 0 bridgehead atoms. The zero-order chi connectivity index (χ0) is 11.8. The fourth-order valence-electron chi connectivity index (χ4n) is 2.48. The molecular formula is C14H30N2. The van der Waals surface area contributed by atoms with Crippen molar-refractivity contribution in [3.05, 3.63) is 0 Å². The molecule has 1 rings (SSSR count). The fraction of sp³-hybridized carbons (Fsp3) is 1.00. The summed E-state index contributed by atoms with van der Waals surface area (Å²) < 4.78 is 0. The predicted molar refractivity (Wildman–Crippen MR) is 71.8 cm³/mol. The van der Waals surface area contributed by atoms with Crippen molar-refractivity contribution in [2.75, 3.05) is 32.7 Å². The summed E-state index contributed by atoms with van der Waals surface area (Å²) in [4.78, 5) is 2.64. The molecule has 1 saturated heterocycles. The highest BCUT2D eigenvalue weighted by Gasteiger charge is 2.14. The van der Waals surface area contributed by atoms with Crippen molar-refractivity contribution in [2.45, 2.75) is 46.5 Å². The number of likely N-dealkylation sites (tertiary alicyclic amines) is 1. The molecule has 0 spiro atoms. The molecule has 0 amide bonds. The third-order valence-corrected chi connectivity index (χ3v) is 3.68. The van der Waals surface area contributed by atoms with E-state index in [1.807, 2.05) is 0 Å². The number of hydrogen-bond acceptors (Lipinski definition) is 2. The van der Waals surface area contributed by atoms with E-state index in [9.17, 15) is 0 Å². The Morgan fingerprint density at radius 1 is 1.25 bits per heavy atom. The molecule has 1 fully saturated rings. The first-order chi connectivity index (χ1) is 7.72. The van der Waals surface area contributed by atoms with Crippen LogP contribution in [0.4, 0.5) is 0 Å². The van der Waals surface area contributed by atoms with Crippen LogP contribution in [0.25, 0.3) is 0 Å². The Labute approximate surface area is 102 Å². The topological polar surface area (TPSA) is 15.3 Å². The van der Waals surface area contributed by atoms with Gasteiger partial charge < -0.3 is 10.2 Å². The van der Waals surface area contributed by atoms with Gasteiger partial charge in [0.05, 0.1) is 0 Å². The molecule has 1 unspecified atom stereocenters. The lowest BCUT2D eigenvalue weighted by molar-refractivity contribution is 0.278. The van der Waals surface area contributed by atoms with Crippen LogP contribution in [0.1, 0.15) is 46.5 Å². The molecule has 0 aromatic heterocycles. The first kappa shape index (κ1) is 14.0. The van der Waals surface area contributed by atoms with Gasteiger partial charge in [-0.2, -0.15) is 0 Å². The van der Waals surface area contributed by atoms with E-state index in [-0.39, 0.29) is 0 Å². The van der Waals surface area contributed by atoms with E-state index in [0.29, 0.717) is 0 Å². The Bertz CT molecular complexity index is 168. The summed E-state index contributed by atoms with van der Waals surface area (Å²) in [6, 6.07) is 0. The van der Waals surface area contributed by atoms with Crippen LogP contribution in [0, 0.1) is 11.8 Å². The lowest BCUT2D eigenvalue weighted by Gasteiger charge is -2.20. The van der Waals surface area contributed by atoms with Crippen molar-refractivity contribution in [3.8, 4) is 0 Å². The van der Waals surface area contributed by atoms with Crippen LogP contribution in [0.2, 0.25) is 0 Å². The normalized spacial score (nSPS) is 23.6. The largest absolute Gasteiger partial charge is 0.315 e. The molecule has 1 heterocycles. The van der Waals surface area contributed by atoms with Gasteiger partial charge in [-0.3, -0.25) is 0 Å². The van der Waals surface area contributed by atoms with Gasteiger partial charge in [-0.15, -0.1) is 0 Å². The quantitative estimate of drug-likeness (QED) is 0.701. The van der Waals surface area contributed by atoms with Gasteiger partial charge >= 0.3 is 0 Å². The summed E-state index contributed by atoms with van der Waals surface area (Å²) >= 11 is 0. The first-order valence-corrected chi connectivity index (χ1v) is 7.15. The molecule has 1 aliphatic rings. The van der Waals surface area contributed by atoms with E-state index >= 15 is 0 Å². The van der Waals surface area contributed by atoms with Crippen LogP contribution < -0.4 is 5.32 Å². The Hall–Kier alpha value is -0.0800. The van der Waals surface area contributed by atoms with E-state index in [1.165, 1.54) is 45.3 Å². The monoisotopic (exact) mass is 226 g/mol. The molecule has 0 aromatic carbocycles. The summed E-state index contributed by atoms with van der Waals surface area (Å²) in [7, 11) is 0. The number of rotatable bonds is 6. The van der Waals surface area contributed by atoms with E-state index in [2.05, 4.69) is 31.0 Å². The predicted octanol–water partition coefficient (Wildman–Crippen LogP) is 2.74. The second-order valence-corrected chi connectivity index (χ2v) is 5.64. The average molecular weight is 226 g/mol. The van der Waals surface area contributed by atoms with Gasteiger partial charge in [0, 0.05) is 13.1 Å². The zero-order valence-corrected chi connectivity index (χ0v) is 11.5. The summed E-state index contributed by atoms with van der Waals surface area (Å²) in [6.45, 7) is 13.1. The highest BCUT2D eigenvalue weighted by Crippen LogP contribution is 2.19.